The van der Waals surface area contributed by atoms with Crippen molar-refractivity contribution in [3.63, 3.8) is 0 Å². The first-order valence-electron chi connectivity index (χ1n) is 8.74. The maximum atomic E-state index is 13.2. The zero-order valence-electron chi connectivity index (χ0n) is 15.3. The van der Waals surface area contributed by atoms with Crippen LogP contribution in [0.25, 0.3) is 5.65 Å². The van der Waals surface area contributed by atoms with Gasteiger partial charge in [-0.3, -0.25) is 23.8 Å². The van der Waals surface area contributed by atoms with Gasteiger partial charge >= 0.3 is 6.03 Å². The molecule has 3 heterocycles. The molecule has 0 saturated carbocycles. The van der Waals surface area contributed by atoms with Crippen LogP contribution in [0.3, 0.4) is 0 Å². The molecule has 0 bridgehead atoms. The van der Waals surface area contributed by atoms with E-state index in [1.165, 1.54) is 39.6 Å². The number of anilines is 1. The first-order valence-corrected chi connectivity index (χ1v) is 8.74. The summed E-state index contributed by atoms with van der Waals surface area (Å²) in [6.07, 6.45) is 1.68. The summed E-state index contributed by atoms with van der Waals surface area (Å²) in [5, 5.41) is 0. The van der Waals surface area contributed by atoms with Gasteiger partial charge < -0.3 is 0 Å². The highest BCUT2D eigenvalue weighted by atomic mass is 19.1. The monoisotopic (exact) mass is 380 g/mol. The van der Waals surface area contributed by atoms with Gasteiger partial charge in [0.1, 0.15) is 17.5 Å². The van der Waals surface area contributed by atoms with E-state index < -0.39 is 23.8 Å². The van der Waals surface area contributed by atoms with E-state index in [1.807, 2.05) is 13.0 Å². The van der Waals surface area contributed by atoms with E-state index in [1.54, 1.807) is 19.2 Å². The zero-order chi connectivity index (χ0) is 20.0. The third-order valence-corrected chi connectivity index (χ3v) is 4.73. The normalized spacial score (nSPS) is 17.0. The minimum atomic E-state index is -0.734. The summed E-state index contributed by atoms with van der Waals surface area (Å²) in [4.78, 5) is 44.6. The van der Waals surface area contributed by atoms with Gasteiger partial charge in [-0.15, -0.1) is 0 Å². The third kappa shape index (κ3) is 2.92. The van der Waals surface area contributed by atoms with Gasteiger partial charge in [0.05, 0.1) is 12.2 Å². The van der Waals surface area contributed by atoms with Crippen LogP contribution in [0.4, 0.5) is 14.9 Å². The summed E-state index contributed by atoms with van der Waals surface area (Å²) in [5.74, 6) is -0.831. The highest BCUT2D eigenvalue weighted by Gasteiger charge is 2.43. The van der Waals surface area contributed by atoms with Gasteiger partial charge in [0, 0.05) is 18.0 Å². The van der Waals surface area contributed by atoms with E-state index in [9.17, 15) is 18.8 Å². The van der Waals surface area contributed by atoms with Crippen molar-refractivity contribution in [2.24, 2.45) is 0 Å². The van der Waals surface area contributed by atoms with E-state index in [2.05, 4.69) is 4.98 Å². The number of hydrogen-bond acceptors (Lipinski definition) is 4. The quantitative estimate of drug-likeness (QED) is 0.655. The number of pyridine rings is 1. The smallest absolute Gasteiger partial charge is 0.282 e. The average Bonchev–Trinajstić information content (AvgIpc) is 2.87. The minimum absolute atomic E-state index is 0.112. The lowest BCUT2D eigenvalue weighted by atomic mass is 10.2. The van der Waals surface area contributed by atoms with Gasteiger partial charge in [-0.05, 0) is 49.7 Å². The van der Waals surface area contributed by atoms with E-state index >= 15 is 0 Å². The molecule has 1 aromatic carbocycles. The highest BCUT2D eigenvalue weighted by Crippen LogP contribution is 2.26. The Balaban J connectivity index is 1.66. The minimum Gasteiger partial charge on any atom is -0.282 e. The van der Waals surface area contributed by atoms with Gasteiger partial charge in [-0.2, -0.15) is 0 Å². The number of amides is 3. The average molecular weight is 380 g/mol. The van der Waals surface area contributed by atoms with Gasteiger partial charge in [0.2, 0.25) is 0 Å². The molecule has 1 fully saturated rings. The van der Waals surface area contributed by atoms with Crippen molar-refractivity contribution >= 4 is 23.3 Å². The van der Waals surface area contributed by atoms with Crippen LogP contribution in [-0.4, -0.2) is 32.3 Å². The molecule has 0 radical (unpaired) electrons. The van der Waals surface area contributed by atoms with Crippen molar-refractivity contribution in [3.05, 3.63) is 76.1 Å². The lowest BCUT2D eigenvalue weighted by Gasteiger charge is -2.19. The second-order valence-electron chi connectivity index (χ2n) is 6.75. The number of urea groups is 1. The summed E-state index contributed by atoms with van der Waals surface area (Å²) in [5.41, 5.74) is 1.82. The van der Waals surface area contributed by atoms with Crippen LogP contribution in [0.1, 0.15) is 18.2 Å². The molecule has 0 N–H and O–H groups in total. The first-order chi connectivity index (χ1) is 13.3. The van der Waals surface area contributed by atoms with Gasteiger partial charge in [0.25, 0.3) is 11.5 Å². The summed E-state index contributed by atoms with van der Waals surface area (Å²) < 4.78 is 14.6. The summed E-state index contributed by atoms with van der Waals surface area (Å²) in [6.45, 7) is 3.36. The number of rotatable bonds is 3. The molecule has 3 aromatic rings. The SMILES string of the molecule is Cc1ccc2nc(CN3C(=O)[C@H](C)N(c4ccc(F)cc4)C3=O)cc(=O)n2c1. The molecular formula is C20H17FN4O3. The molecule has 7 nitrogen and oxygen atoms in total. The predicted octanol–water partition coefficient (Wildman–Crippen LogP) is 2.50. The number of halogens is 1. The number of aromatic nitrogens is 2. The number of carbonyl (C=O) groups excluding carboxylic acids is 2. The molecule has 2 aromatic heterocycles. The Kier molecular flexibility index (Phi) is 4.18. The molecule has 142 valence electrons. The molecule has 0 unspecified atom stereocenters. The van der Waals surface area contributed by atoms with E-state index in [0.717, 1.165) is 10.5 Å². The van der Waals surface area contributed by atoms with Crippen molar-refractivity contribution < 1.29 is 14.0 Å². The molecule has 1 aliphatic rings. The van der Waals surface area contributed by atoms with Gasteiger partial charge in [-0.25, -0.2) is 14.2 Å². The molecule has 4 rings (SSSR count). The molecule has 1 aliphatic heterocycles. The molecule has 0 aliphatic carbocycles. The van der Waals surface area contributed by atoms with Crippen LogP contribution in [0, 0.1) is 12.7 Å². The summed E-state index contributed by atoms with van der Waals surface area (Å²) in [6, 6.07) is 8.95. The lowest BCUT2D eigenvalue weighted by molar-refractivity contribution is -0.127. The molecule has 3 amide bonds. The van der Waals surface area contributed by atoms with Crippen molar-refractivity contribution in [3.8, 4) is 0 Å². The maximum Gasteiger partial charge on any atom is 0.332 e. The van der Waals surface area contributed by atoms with E-state index in [4.69, 9.17) is 0 Å². The molecule has 1 saturated heterocycles. The Morgan fingerprint density at radius 3 is 2.50 bits per heavy atom. The number of nitrogens with zero attached hydrogens (tertiary/aromatic N) is 4. The number of hydrogen-bond donors (Lipinski definition) is 0. The fraction of sp³-hybridized carbons (Fsp3) is 0.200. The fourth-order valence-electron chi connectivity index (χ4n) is 3.31. The molecule has 1 atom stereocenters. The van der Waals surface area contributed by atoms with Crippen LogP contribution in [0.2, 0.25) is 0 Å². The standard InChI is InChI=1S/C20H17FN4O3/c1-12-3-8-17-22-15(9-18(26)23(17)10-12)11-24-19(27)13(2)25(20(24)28)16-6-4-14(21)5-7-16/h3-10,13H,11H2,1-2H3/t13-/m0/s1. The second-order valence-corrected chi connectivity index (χ2v) is 6.75. The van der Waals surface area contributed by atoms with Crippen LogP contribution in [-0.2, 0) is 11.3 Å². The van der Waals surface area contributed by atoms with Gasteiger partial charge in [-0.1, -0.05) is 6.07 Å². The molecule has 0 spiro atoms. The highest BCUT2D eigenvalue weighted by molar-refractivity contribution is 6.13. The number of imide groups is 1. The van der Waals surface area contributed by atoms with Crippen molar-refractivity contribution in [1.82, 2.24) is 14.3 Å². The molecular weight excluding hydrogens is 363 g/mol. The van der Waals surface area contributed by atoms with E-state index in [0.29, 0.717) is 17.0 Å². The Bertz CT molecular complexity index is 1160. The third-order valence-electron chi connectivity index (χ3n) is 4.73. The Morgan fingerprint density at radius 1 is 1.07 bits per heavy atom. The Morgan fingerprint density at radius 2 is 1.79 bits per heavy atom. The van der Waals surface area contributed by atoms with Crippen LogP contribution < -0.4 is 10.5 Å². The zero-order valence-corrected chi connectivity index (χ0v) is 15.3. The number of fused-ring (bicyclic) bond motifs is 1. The number of aryl methyl sites for hydroxylation is 1. The first kappa shape index (κ1) is 17.8. The Labute approximate surface area is 159 Å². The summed E-state index contributed by atoms with van der Waals surface area (Å²) >= 11 is 0. The number of benzene rings is 1. The largest absolute Gasteiger partial charge is 0.332 e. The maximum absolute atomic E-state index is 13.2. The second kappa shape index (κ2) is 6.56. The van der Waals surface area contributed by atoms with Gasteiger partial charge in [0.15, 0.2) is 0 Å². The van der Waals surface area contributed by atoms with Crippen LogP contribution in [0.15, 0.2) is 53.5 Å². The van der Waals surface area contributed by atoms with Crippen molar-refractivity contribution in [2.75, 3.05) is 4.90 Å². The fourth-order valence-corrected chi connectivity index (χ4v) is 3.31. The Hall–Kier alpha value is -3.55. The van der Waals surface area contributed by atoms with Crippen molar-refractivity contribution in [2.45, 2.75) is 26.4 Å². The van der Waals surface area contributed by atoms with Crippen LogP contribution in [0.5, 0.6) is 0 Å². The summed E-state index contributed by atoms with van der Waals surface area (Å²) in [7, 11) is 0. The predicted molar refractivity (Wildman–Crippen MR) is 100 cm³/mol. The molecule has 8 heteroatoms. The van der Waals surface area contributed by atoms with Crippen molar-refractivity contribution in [1.29, 1.82) is 0 Å². The van der Waals surface area contributed by atoms with Crippen LogP contribution >= 0.6 is 0 Å². The van der Waals surface area contributed by atoms with E-state index in [-0.39, 0.29) is 12.1 Å². The number of carbonyl (C=O) groups is 2. The molecule has 28 heavy (non-hydrogen) atoms. The lowest BCUT2D eigenvalue weighted by Crippen LogP contribution is -2.34. The topological polar surface area (TPSA) is 75.0 Å².